The largest absolute Gasteiger partial charge is 0.444 e. The van der Waals surface area contributed by atoms with Gasteiger partial charge >= 0.3 is 0 Å². The van der Waals surface area contributed by atoms with Gasteiger partial charge in [0, 0.05) is 23.2 Å². The maximum Gasteiger partial charge on any atom is 0.251 e. The maximum absolute atomic E-state index is 12.5. The van der Waals surface area contributed by atoms with Crippen LogP contribution in [0.15, 0.2) is 41.3 Å². The molecule has 2 atom stereocenters. The van der Waals surface area contributed by atoms with Crippen molar-refractivity contribution in [1.82, 2.24) is 15.2 Å². The third-order valence-electron chi connectivity index (χ3n) is 5.02. The molecule has 3 heterocycles. The number of amides is 1. The number of hydrogen-bond donors (Lipinski definition) is 1. The van der Waals surface area contributed by atoms with Gasteiger partial charge in [-0.2, -0.15) is 0 Å². The summed E-state index contributed by atoms with van der Waals surface area (Å²) in [6.45, 7) is 2.37. The van der Waals surface area contributed by atoms with Crippen molar-refractivity contribution in [1.29, 1.82) is 0 Å². The first-order valence-electron chi connectivity index (χ1n) is 8.35. The number of carbonyl (C=O) groups is 1. The third kappa shape index (κ3) is 2.88. The fraction of sp³-hybridized carbons (Fsp3) is 0.444. The van der Waals surface area contributed by atoms with E-state index in [9.17, 15) is 4.79 Å². The molecule has 4 rings (SSSR count). The predicted octanol–water partition coefficient (Wildman–Crippen LogP) is 2.70. The number of hydrogen-bond acceptors (Lipinski definition) is 4. The molecule has 0 radical (unpaired) electrons. The van der Waals surface area contributed by atoms with E-state index in [2.05, 4.69) is 15.2 Å². The topological polar surface area (TPSA) is 58.4 Å². The highest BCUT2D eigenvalue weighted by molar-refractivity contribution is 5.94. The van der Waals surface area contributed by atoms with Gasteiger partial charge in [-0.3, -0.25) is 9.69 Å². The number of nitrogens with zero attached hydrogens (tertiary/aromatic N) is 2. The van der Waals surface area contributed by atoms with E-state index in [1.54, 1.807) is 6.20 Å². The Morgan fingerprint density at radius 2 is 1.96 bits per heavy atom. The summed E-state index contributed by atoms with van der Waals surface area (Å²) in [6.07, 6.45) is 7.80. The lowest BCUT2D eigenvalue weighted by molar-refractivity contribution is 0.0868. The van der Waals surface area contributed by atoms with Crippen molar-refractivity contribution in [3.05, 3.63) is 42.4 Å². The molecule has 120 valence electrons. The third-order valence-corrected chi connectivity index (χ3v) is 5.02. The first kappa shape index (κ1) is 14.5. The van der Waals surface area contributed by atoms with Crippen molar-refractivity contribution < 1.29 is 9.21 Å². The second-order valence-electron chi connectivity index (χ2n) is 6.41. The Bertz CT molecular complexity index is 666. The maximum atomic E-state index is 12.5. The van der Waals surface area contributed by atoms with E-state index in [4.69, 9.17) is 4.42 Å². The van der Waals surface area contributed by atoms with Crippen molar-refractivity contribution in [2.75, 3.05) is 13.1 Å². The van der Waals surface area contributed by atoms with Crippen LogP contribution >= 0.6 is 0 Å². The summed E-state index contributed by atoms with van der Waals surface area (Å²) in [5.41, 5.74) is 1.63. The van der Waals surface area contributed by atoms with Gasteiger partial charge in [-0.15, -0.1) is 0 Å². The molecule has 2 aliphatic heterocycles. The zero-order chi connectivity index (χ0) is 15.6. The van der Waals surface area contributed by atoms with Crippen LogP contribution in [0.1, 0.15) is 36.0 Å². The van der Waals surface area contributed by atoms with E-state index in [1.165, 1.54) is 38.7 Å². The van der Waals surface area contributed by atoms with Crippen molar-refractivity contribution in [3.63, 3.8) is 0 Å². The highest BCUT2D eigenvalue weighted by Gasteiger charge is 2.35. The van der Waals surface area contributed by atoms with Crippen molar-refractivity contribution in [2.45, 2.75) is 37.8 Å². The molecule has 5 heteroatoms. The van der Waals surface area contributed by atoms with Crippen molar-refractivity contribution in [2.24, 2.45) is 0 Å². The molecule has 1 N–H and O–H groups in total. The molecule has 0 unspecified atom stereocenters. The van der Waals surface area contributed by atoms with E-state index in [0.29, 0.717) is 17.4 Å². The Hall–Kier alpha value is -2.14. The highest BCUT2D eigenvalue weighted by atomic mass is 16.3. The smallest absolute Gasteiger partial charge is 0.251 e. The van der Waals surface area contributed by atoms with Crippen LogP contribution in [0, 0.1) is 0 Å². The van der Waals surface area contributed by atoms with Crippen LogP contribution in [-0.4, -0.2) is 41.0 Å². The zero-order valence-electron chi connectivity index (χ0n) is 13.1. The van der Waals surface area contributed by atoms with Crippen LogP contribution in [0.5, 0.6) is 0 Å². The second kappa shape index (κ2) is 6.16. The molecule has 1 aromatic heterocycles. The van der Waals surface area contributed by atoms with E-state index in [1.807, 2.05) is 24.3 Å². The minimum atomic E-state index is 0.0212. The SMILES string of the molecule is O=C(N[C@H]1CCCN2CCC[C@@H]12)c1ccc(-c2cnco2)cc1. The summed E-state index contributed by atoms with van der Waals surface area (Å²) < 4.78 is 5.27. The number of nitrogens with one attached hydrogen (secondary N) is 1. The van der Waals surface area contributed by atoms with Crippen LogP contribution < -0.4 is 5.32 Å². The van der Waals surface area contributed by atoms with Crippen LogP contribution in [0.25, 0.3) is 11.3 Å². The first-order valence-corrected chi connectivity index (χ1v) is 8.35. The molecular weight excluding hydrogens is 290 g/mol. The minimum absolute atomic E-state index is 0.0212. The van der Waals surface area contributed by atoms with E-state index < -0.39 is 0 Å². The van der Waals surface area contributed by atoms with Crippen LogP contribution in [0.2, 0.25) is 0 Å². The Balaban J connectivity index is 1.44. The van der Waals surface area contributed by atoms with Gasteiger partial charge in [0.05, 0.1) is 6.20 Å². The van der Waals surface area contributed by atoms with Gasteiger partial charge in [0.25, 0.3) is 5.91 Å². The van der Waals surface area contributed by atoms with E-state index in [0.717, 1.165) is 12.0 Å². The standard InChI is InChI=1S/C18H21N3O2/c22-18(20-15-3-1-9-21-10-2-4-16(15)21)14-7-5-13(6-8-14)17-11-19-12-23-17/h5-8,11-12,15-16H,1-4,9-10H2,(H,20,22)/t15-,16-/m0/s1. The van der Waals surface area contributed by atoms with Gasteiger partial charge in [-0.1, -0.05) is 12.1 Å². The summed E-state index contributed by atoms with van der Waals surface area (Å²) in [5.74, 6) is 0.735. The Labute approximate surface area is 135 Å². The Morgan fingerprint density at radius 1 is 1.17 bits per heavy atom. The zero-order valence-corrected chi connectivity index (χ0v) is 13.1. The molecule has 0 bridgehead atoms. The number of carbonyl (C=O) groups excluding carboxylic acids is 1. The van der Waals surface area contributed by atoms with Crippen LogP contribution in [0.4, 0.5) is 0 Å². The van der Waals surface area contributed by atoms with Crippen LogP contribution in [0.3, 0.4) is 0 Å². The second-order valence-corrected chi connectivity index (χ2v) is 6.41. The number of fused-ring (bicyclic) bond motifs is 1. The number of benzene rings is 1. The molecular formula is C18H21N3O2. The van der Waals surface area contributed by atoms with Crippen LogP contribution in [-0.2, 0) is 0 Å². The number of aromatic nitrogens is 1. The van der Waals surface area contributed by atoms with E-state index in [-0.39, 0.29) is 11.9 Å². The van der Waals surface area contributed by atoms with Gasteiger partial charge in [-0.25, -0.2) is 4.98 Å². The lowest BCUT2D eigenvalue weighted by Crippen LogP contribution is -2.52. The summed E-state index contributed by atoms with van der Waals surface area (Å²) in [7, 11) is 0. The first-order chi connectivity index (χ1) is 11.3. The van der Waals surface area contributed by atoms with Gasteiger partial charge in [0.1, 0.15) is 0 Å². The normalized spacial score (nSPS) is 24.3. The quantitative estimate of drug-likeness (QED) is 0.947. The van der Waals surface area contributed by atoms with Gasteiger partial charge in [0.2, 0.25) is 0 Å². The summed E-state index contributed by atoms with van der Waals surface area (Å²) in [6, 6.07) is 8.31. The summed E-state index contributed by atoms with van der Waals surface area (Å²) in [5, 5.41) is 3.24. The van der Waals surface area contributed by atoms with Gasteiger partial charge in [0.15, 0.2) is 12.2 Å². The number of oxazole rings is 1. The van der Waals surface area contributed by atoms with Gasteiger partial charge in [-0.05, 0) is 50.9 Å². The highest BCUT2D eigenvalue weighted by Crippen LogP contribution is 2.27. The molecule has 2 aliphatic rings. The summed E-state index contributed by atoms with van der Waals surface area (Å²) in [4.78, 5) is 19.0. The molecule has 2 fully saturated rings. The molecule has 2 aromatic rings. The van der Waals surface area contributed by atoms with Gasteiger partial charge < -0.3 is 9.73 Å². The van der Waals surface area contributed by atoms with E-state index >= 15 is 0 Å². The van der Waals surface area contributed by atoms with Crippen molar-refractivity contribution >= 4 is 5.91 Å². The predicted molar refractivity (Wildman–Crippen MR) is 87.0 cm³/mol. The molecule has 5 nitrogen and oxygen atoms in total. The lowest BCUT2D eigenvalue weighted by Gasteiger charge is -2.37. The molecule has 2 saturated heterocycles. The molecule has 23 heavy (non-hydrogen) atoms. The average molecular weight is 311 g/mol. The number of piperidine rings is 1. The fourth-order valence-corrected chi connectivity index (χ4v) is 3.86. The fourth-order valence-electron chi connectivity index (χ4n) is 3.86. The lowest BCUT2D eigenvalue weighted by atomic mass is 9.96. The molecule has 0 saturated carbocycles. The molecule has 0 spiro atoms. The minimum Gasteiger partial charge on any atom is -0.444 e. The monoisotopic (exact) mass is 311 g/mol. The molecule has 0 aliphatic carbocycles. The Morgan fingerprint density at radius 3 is 2.70 bits per heavy atom. The van der Waals surface area contributed by atoms with Crippen molar-refractivity contribution in [3.8, 4) is 11.3 Å². The average Bonchev–Trinajstić information content (AvgIpc) is 3.27. The number of rotatable bonds is 3. The molecule has 1 aromatic carbocycles. The summed E-state index contributed by atoms with van der Waals surface area (Å²) >= 11 is 0. The molecule has 1 amide bonds. The Kier molecular flexibility index (Phi) is 3.87.